The molecule has 2 aromatic heterocycles. The summed E-state index contributed by atoms with van der Waals surface area (Å²) in [6.07, 6.45) is 11.7. The van der Waals surface area contributed by atoms with Crippen molar-refractivity contribution in [3.8, 4) is 11.6 Å². The monoisotopic (exact) mass is 375 g/mol. The van der Waals surface area contributed by atoms with E-state index in [-0.39, 0.29) is 5.82 Å². The zero-order valence-electron chi connectivity index (χ0n) is 15.6. The van der Waals surface area contributed by atoms with Crippen molar-refractivity contribution in [3.63, 3.8) is 0 Å². The van der Waals surface area contributed by atoms with Crippen LogP contribution in [0.25, 0.3) is 11.6 Å². The van der Waals surface area contributed by atoms with Crippen LogP contribution in [0.5, 0.6) is 0 Å². The molecule has 0 unspecified atom stereocenters. The number of benzene rings is 1. The Morgan fingerprint density at radius 3 is 2.25 bits per heavy atom. The highest BCUT2D eigenvalue weighted by Gasteiger charge is 2.40. The van der Waals surface area contributed by atoms with Gasteiger partial charge in [-0.3, -0.25) is 0 Å². The number of anilines is 1. The maximum absolute atomic E-state index is 14.4. The van der Waals surface area contributed by atoms with Gasteiger partial charge in [0.25, 0.3) is 0 Å². The molecule has 2 aliphatic rings. The minimum absolute atomic E-state index is 0.113. The van der Waals surface area contributed by atoms with Crippen LogP contribution in [0.2, 0.25) is 0 Å². The number of rotatable bonds is 4. The first-order valence-corrected chi connectivity index (χ1v) is 9.93. The normalized spacial score (nSPS) is 21.5. The fraction of sp³-hybridized carbons (Fsp3) is 0.364. The van der Waals surface area contributed by atoms with Gasteiger partial charge >= 0.3 is 0 Å². The lowest BCUT2D eigenvalue weighted by Gasteiger charge is -2.29. The Morgan fingerprint density at radius 2 is 1.50 bits per heavy atom. The van der Waals surface area contributed by atoms with E-state index in [2.05, 4.69) is 30.9 Å². The average molecular weight is 375 g/mol. The van der Waals surface area contributed by atoms with Crippen LogP contribution in [0, 0.1) is 5.82 Å². The SMILES string of the molecule is Fc1ccc([C@H]2C[C@H]2c2cnc(-c3ncccn3)nc2)cc1N1CCCCC1. The summed E-state index contributed by atoms with van der Waals surface area (Å²) in [5.74, 6) is 1.76. The van der Waals surface area contributed by atoms with Crippen LogP contribution in [0.15, 0.2) is 49.1 Å². The van der Waals surface area contributed by atoms with Gasteiger partial charge in [-0.25, -0.2) is 24.3 Å². The maximum atomic E-state index is 14.4. The van der Waals surface area contributed by atoms with Crippen molar-refractivity contribution in [2.75, 3.05) is 18.0 Å². The summed E-state index contributed by atoms with van der Waals surface area (Å²) < 4.78 is 14.4. The molecular formula is C22H22FN5. The van der Waals surface area contributed by atoms with Crippen LogP contribution in [0.1, 0.15) is 48.6 Å². The van der Waals surface area contributed by atoms with Gasteiger partial charge < -0.3 is 4.90 Å². The number of hydrogen-bond acceptors (Lipinski definition) is 5. The molecule has 2 atom stereocenters. The summed E-state index contributed by atoms with van der Waals surface area (Å²) in [6.45, 7) is 1.90. The van der Waals surface area contributed by atoms with Gasteiger partial charge in [0.05, 0.1) is 5.69 Å². The van der Waals surface area contributed by atoms with Gasteiger partial charge in [-0.1, -0.05) is 6.07 Å². The van der Waals surface area contributed by atoms with Gasteiger partial charge in [0.15, 0.2) is 11.6 Å². The van der Waals surface area contributed by atoms with Crippen LogP contribution in [-0.4, -0.2) is 33.0 Å². The van der Waals surface area contributed by atoms with E-state index in [1.165, 1.54) is 12.0 Å². The molecule has 1 saturated heterocycles. The molecule has 1 aromatic carbocycles. The zero-order chi connectivity index (χ0) is 18.9. The molecule has 0 spiro atoms. The quantitative estimate of drug-likeness (QED) is 0.679. The minimum Gasteiger partial charge on any atom is -0.369 e. The van der Waals surface area contributed by atoms with E-state index in [4.69, 9.17) is 0 Å². The highest BCUT2D eigenvalue weighted by Crippen LogP contribution is 2.54. The third-order valence-corrected chi connectivity index (χ3v) is 5.75. The topological polar surface area (TPSA) is 54.8 Å². The lowest BCUT2D eigenvalue weighted by Crippen LogP contribution is -2.30. The molecule has 0 N–H and O–H groups in total. The zero-order valence-corrected chi connectivity index (χ0v) is 15.6. The van der Waals surface area contributed by atoms with Crippen molar-refractivity contribution in [1.82, 2.24) is 19.9 Å². The second kappa shape index (κ2) is 7.26. The Bertz CT molecular complexity index is 954. The first kappa shape index (κ1) is 17.2. The van der Waals surface area contributed by atoms with E-state index in [9.17, 15) is 4.39 Å². The predicted molar refractivity (Wildman–Crippen MR) is 106 cm³/mol. The van der Waals surface area contributed by atoms with Crippen LogP contribution >= 0.6 is 0 Å². The molecule has 142 valence electrons. The van der Waals surface area contributed by atoms with Crippen molar-refractivity contribution < 1.29 is 4.39 Å². The number of hydrogen-bond donors (Lipinski definition) is 0. The second-order valence-corrected chi connectivity index (χ2v) is 7.62. The highest BCUT2D eigenvalue weighted by atomic mass is 19.1. The van der Waals surface area contributed by atoms with Gasteiger partial charge in [0.2, 0.25) is 0 Å². The number of halogens is 1. The van der Waals surface area contributed by atoms with Gasteiger partial charge in [-0.15, -0.1) is 0 Å². The average Bonchev–Trinajstić information content (AvgIpc) is 3.56. The van der Waals surface area contributed by atoms with Crippen molar-refractivity contribution in [3.05, 3.63) is 66.0 Å². The molecule has 2 fully saturated rings. The van der Waals surface area contributed by atoms with E-state index in [1.54, 1.807) is 24.5 Å². The fourth-order valence-corrected chi connectivity index (χ4v) is 4.13. The molecule has 0 bridgehead atoms. The molecule has 6 heteroatoms. The smallest absolute Gasteiger partial charge is 0.197 e. The molecular weight excluding hydrogens is 353 g/mol. The van der Waals surface area contributed by atoms with E-state index in [0.717, 1.165) is 43.6 Å². The summed E-state index contributed by atoms with van der Waals surface area (Å²) in [4.78, 5) is 19.4. The molecule has 5 rings (SSSR count). The largest absolute Gasteiger partial charge is 0.369 e. The number of nitrogens with zero attached hydrogens (tertiary/aromatic N) is 5. The Hall–Kier alpha value is -2.89. The van der Waals surface area contributed by atoms with Crippen molar-refractivity contribution >= 4 is 5.69 Å². The molecule has 0 radical (unpaired) electrons. The highest BCUT2D eigenvalue weighted by molar-refractivity contribution is 5.53. The first-order valence-electron chi connectivity index (χ1n) is 9.93. The molecule has 28 heavy (non-hydrogen) atoms. The van der Waals surface area contributed by atoms with Gasteiger partial charge in [0, 0.05) is 37.9 Å². The lowest BCUT2D eigenvalue weighted by atomic mass is 10.0. The predicted octanol–water partition coefficient (Wildman–Crippen LogP) is 4.33. The summed E-state index contributed by atoms with van der Waals surface area (Å²) in [6, 6.07) is 7.38. The Morgan fingerprint density at radius 1 is 0.821 bits per heavy atom. The van der Waals surface area contributed by atoms with E-state index < -0.39 is 0 Å². The Labute approximate surface area is 163 Å². The van der Waals surface area contributed by atoms with E-state index >= 15 is 0 Å². The molecule has 3 heterocycles. The number of piperidine rings is 1. The van der Waals surface area contributed by atoms with Crippen LogP contribution in [0.3, 0.4) is 0 Å². The Kier molecular flexibility index (Phi) is 4.47. The van der Waals surface area contributed by atoms with Gasteiger partial charge in [-0.2, -0.15) is 0 Å². The fourth-order valence-electron chi connectivity index (χ4n) is 4.13. The summed E-state index contributed by atoms with van der Waals surface area (Å²) in [7, 11) is 0. The summed E-state index contributed by atoms with van der Waals surface area (Å²) in [5, 5.41) is 0. The third-order valence-electron chi connectivity index (χ3n) is 5.75. The van der Waals surface area contributed by atoms with Crippen molar-refractivity contribution in [2.45, 2.75) is 37.5 Å². The van der Waals surface area contributed by atoms with Crippen LogP contribution < -0.4 is 4.90 Å². The summed E-state index contributed by atoms with van der Waals surface area (Å²) >= 11 is 0. The molecule has 1 aliphatic heterocycles. The van der Waals surface area contributed by atoms with Gasteiger partial charge in [0.1, 0.15) is 5.82 Å². The lowest BCUT2D eigenvalue weighted by molar-refractivity contribution is 0.556. The molecule has 5 nitrogen and oxygen atoms in total. The van der Waals surface area contributed by atoms with E-state index in [1.807, 2.05) is 18.5 Å². The molecule has 0 amide bonds. The second-order valence-electron chi connectivity index (χ2n) is 7.62. The van der Waals surface area contributed by atoms with Crippen LogP contribution in [0.4, 0.5) is 10.1 Å². The van der Waals surface area contributed by atoms with Gasteiger partial charge in [-0.05, 0) is 66.8 Å². The maximum Gasteiger partial charge on any atom is 0.197 e. The van der Waals surface area contributed by atoms with Crippen molar-refractivity contribution in [2.24, 2.45) is 0 Å². The Balaban J connectivity index is 1.33. The van der Waals surface area contributed by atoms with Crippen molar-refractivity contribution in [1.29, 1.82) is 0 Å². The molecule has 3 aromatic rings. The standard InChI is InChI=1S/C22H22FN5/c23-19-6-5-15(11-20(19)28-9-2-1-3-10-28)17-12-18(17)16-13-26-22(27-14-16)21-24-7-4-8-25-21/h4-8,11,13-14,17-18H,1-3,9-10,12H2/t17-,18+/m1/s1. The first-order chi connectivity index (χ1) is 13.8. The summed E-state index contributed by atoms with van der Waals surface area (Å²) in [5.41, 5.74) is 3.09. The minimum atomic E-state index is -0.113. The third kappa shape index (κ3) is 3.35. The molecule has 1 saturated carbocycles. The molecule has 1 aliphatic carbocycles. The number of aromatic nitrogens is 4. The van der Waals surface area contributed by atoms with E-state index in [0.29, 0.717) is 23.5 Å². The van der Waals surface area contributed by atoms with Crippen LogP contribution in [-0.2, 0) is 0 Å².